The van der Waals surface area contributed by atoms with Crippen molar-refractivity contribution in [2.24, 2.45) is 0 Å². The third kappa shape index (κ3) is 4.03. The highest BCUT2D eigenvalue weighted by Gasteiger charge is 2.33. The molecular formula is C14H19NO5S. The summed E-state index contributed by atoms with van der Waals surface area (Å²) >= 11 is 0. The number of benzene rings is 1. The summed E-state index contributed by atoms with van der Waals surface area (Å²) in [6.07, 6.45) is 0. The fourth-order valence-corrected chi connectivity index (χ4v) is 3.91. The Morgan fingerprint density at radius 3 is 2.48 bits per heavy atom. The standard InChI is InChI=1S/C14H19NO5S/c1-14(2)10-15(7-8-20-14)21(18,19)9-11-3-5-12(6-4-11)13(16)17/h3-6H,7-10H2,1-2H3,(H,16,17). The van der Waals surface area contributed by atoms with Gasteiger partial charge in [-0.05, 0) is 31.5 Å². The van der Waals surface area contributed by atoms with Gasteiger partial charge in [-0.15, -0.1) is 0 Å². The molecule has 0 aromatic heterocycles. The molecule has 0 amide bonds. The van der Waals surface area contributed by atoms with Crippen molar-refractivity contribution in [3.63, 3.8) is 0 Å². The van der Waals surface area contributed by atoms with E-state index >= 15 is 0 Å². The second kappa shape index (κ2) is 5.75. The Balaban J connectivity index is 2.12. The normalized spacial score (nSPS) is 19.3. The molecule has 116 valence electrons. The Kier molecular flexibility index (Phi) is 4.36. The number of morpholine rings is 1. The first kappa shape index (κ1) is 15.9. The molecule has 0 aliphatic carbocycles. The van der Waals surface area contributed by atoms with Crippen molar-refractivity contribution in [3.05, 3.63) is 35.4 Å². The predicted octanol–water partition coefficient (Wildman–Crippen LogP) is 1.33. The van der Waals surface area contributed by atoms with Crippen LogP contribution in [0.2, 0.25) is 0 Å². The minimum atomic E-state index is -3.43. The summed E-state index contributed by atoms with van der Waals surface area (Å²) in [5.41, 5.74) is 0.228. The lowest BCUT2D eigenvalue weighted by Crippen LogP contribution is -2.50. The van der Waals surface area contributed by atoms with Crippen LogP contribution in [0.3, 0.4) is 0 Å². The van der Waals surface area contributed by atoms with Gasteiger partial charge in [-0.3, -0.25) is 0 Å². The van der Waals surface area contributed by atoms with E-state index in [2.05, 4.69) is 0 Å². The molecule has 7 heteroatoms. The first-order valence-corrected chi connectivity index (χ1v) is 8.25. The maximum atomic E-state index is 12.4. The van der Waals surface area contributed by atoms with Crippen molar-refractivity contribution in [1.82, 2.24) is 4.31 Å². The predicted molar refractivity (Wildman–Crippen MR) is 77.6 cm³/mol. The van der Waals surface area contributed by atoms with Crippen molar-refractivity contribution >= 4 is 16.0 Å². The average Bonchev–Trinajstić information content (AvgIpc) is 2.37. The Morgan fingerprint density at radius 1 is 1.33 bits per heavy atom. The Bertz CT molecular complexity index is 621. The van der Waals surface area contributed by atoms with E-state index in [1.54, 1.807) is 0 Å². The van der Waals surface area contributed by atoms with E-state index < -0.39 is 21.6 Å². The highest BCUT2D eigenvalue weighted by Crippen LogP contribution is 2.21. The third-order valence-electron chi connectivity index (χ3n) is 3.33. The molecule has 0 saturated carbocycles. The zero-order valence-corrected chi connectivity index (χ0v) is 12.9. The minimum absolute atomic E-state index is 0.136. The van der Waals surface area contributed by atoms with Crippen molar-refractivity contribution < 1.29 is 23.1 Å². The molecule has 1 aromatic carbocycles. The smallest absolute Gasteiger partial charge is 0.335 e. The molecule has 0 atom stereocenters. The quantitative estimate of drug-likeness (QED) is 0.906. The van der Waals surface area contributed by atoms with Crippen molar-refractivity contribution in [2.45, 2.75) is 25.2 Å². The van der Waals surface area contributed by atoms with Crippen LogP contribution in [0.5, 0.6) is 0 Å². The number of carboxylic acid groups (broad SMARTS) is 1. The van der Waals surface area contributed by atoms with Gasteiger partial charge in [-0.1, -0.05) is 12.1 Å². The zero-order valence-electron chi connectivity index (χ0n) is 12.1. The first-order chi connectivity index (χ1) is 9.70. The van der Waals surface area contributed by atoms with Gasteiger partial charge in [0.1, 0.15) is 0 Å². The van der Waals surface area contributed by atoms with E-state index in [1.165, 1.54) is 28.6 Å². The summed E-state index contributed by atoms with van der Waals surface area (Å²) in [7, 11) is -3.43. The zero-order chi connectivity index (χ0) is 15.7. The fourth-order valence-electron chi connectivity index (χ4n) is 2.26. The molecule has 1 aliphatic heterocycles. The van der Waals surface area contributed by atoms with Crippen LogP contribution in [0.25, 0.3) is 0 Å². The van der Waals surface area contributed by atoms with E-state index in [-0.39, 0.29) is 11.3 Å². The number of aromatic carboxylic acids is 1. The second-order valence-electron chi connectivity index (χ2n) is 5.70. The SMILES string of the molecule is CC1(C)CN(S(=O)(=O)Cc2ccc(C(=O)O)cc2)CCO1. The Hall–Kier alpha value is -1.44. The van der Waals surface area contributed by atoms with Crippen molar-refractivity contribution in [3.8, 4) is 0 Å². The molecule has 2 rings (SSSR count). The summed E-state index contributed by atoms with van der Waals surface area (Å²) in [6, 6.07) is 5.89. The molecule has 1 aromatic rings. The van der Waals surface area contributed by atoms with Gasteiger partial charge in [0.25, 0.3) is 0 Å². The van der Waals surface area contributed by atoms with Gasteiger partial charge in [-0.25, -0.2) is 13.2 Å². The molecule has 6 nitrogen and oxygen atoms in total. The monoisotopic (exact) mass is 313 g/mol. The molecule has 1 fully saturated rings. The first-order valence-electron chi connectivity index (χ1n) is 6.64. The molecule has 21 heavy (non-hydrogen) atoms. The maximum Gasteiger partial charge on any atom is 0.335 e. The van der Waals surface area contributed by atoms with Gasteiger partial charge in [0.15, 0.2) is 0 Å². The summed E-state index contributed by atoms with van der Waals surface area (Å²) in [4.78, 5) is 10.8. The lowest BCUT2D eigenvalue weighted by atomic mass is 10.1. The number of hydrogen-bond acceptors (Lipinski definition) is 4. The maximum absolute atomic E-state index is 12.4. The number of ether oxygens (including phenoxy) is 1. The lowest BCUT2D eigenvalue weighted by Gasteiger charge is -2.37. The van der Waals surface area contributed by atoms with Crippen LogP contribution < -0.4 is 0 Å². The Morgan fingerprint density at radius 2 is 1.95 bits per heavy atom. The number of carboxylic acids is 1. The molecule has 1 N–H and O–H groups in total. The van der Waals surface area contributed by atoms with Crippen LogP contribution >= 0.6 is 0 Å². The van der Waals surface area contributed by atoms with Crippen LogP contribution in [-0.2, 0) is 20.5 Å². The number of nitrogens with zero attached hydrogens (tertiary/aromatic N) is 1. The number of sulfonamides is 1. The van der Waals surface area contributed by atoms with E-state index in [4.69, 9.17) is 9.84 Å². The molecule has 1 aliphatic rings. The van der Waals surface area contributed by atoms with E-state index in [1.807, 2.05) is 13.8 Å². The van der Waals surface area contributed by atoms with Gasteiger partial charge < -0.3 is 9.84 Å². The fraction of sp³-hybridized carbons (Fsp3) is 0.500. The van der Waals surface area contributed by atoms with Crippen LogP contribution in [0, 0.1) is 0 Å². The lowest BCUT2D eigenvalue weighted by molar-refractivity contribution is -0.0640. The average molecular weight is 313 g/mol. The minimum Gasteiger partial charge on any atom is -0.478 e. The molecular weight excluding hydrogens is 294 g/mol. The van der Waals surface area contributed by atoms with Gasteiger partial charge in [-0.2, -0.15) is 4.31 Å². The highest BCUT2D eigenvalue weighted by atomic mass is 32.2. The number of hydrogen-bond donors (Lipinski definition) is 1. The van der Waals surface area contributed by atoms with Crippen LogP contribution in [-0.4, -0.2) is 49.1 Å². The van der Waals surface area contributed by atoms with Gasteiger partial charge in [0.05, 0.1) is 23.5 Å². The van der Waals surface area contributed by atoms with Gasteiger partial charge in [0.2, 0.25) is 10.0 Å². The molecule has 1 saturated heterocycles. The summed E-state index contributed by atoms with van der Waals surface area (Å²) < 4.78 is 31.8. The molecule has 0 bridgehead atoms. The second-order valence-corrected chi connectivity index (χ2v) is 7.67. The molecule has 1 heterocycles. The van der Waals surface area contributed by atoms with Crippen LogP contribution in [0.4, 0.5) is 0 Å². The molecule has 0 spiro atoms. The van der Waals surface area contributed by atoms with Crippen LogP contribution in [0.1, 0.15) is 29.8 Å². The van der Waals surface area contributed by atoms with Gasteiger partial charge in [0, 0.05) is 13.1 Å². The molecule has 0 unspecified atom stereocenters. The van der Waals surface area contributed by atoms with Gasteiger partial charge >= 0.3 is 5.97 Å². The van der Waals surface area contributed by atoms with Crippen molar-refractivity contribution in [2.75, 3.05) is 19.7 Å². The largest absolute Gasteiger partial charge is 0.478 e. The number of rotatable bonds is 4. The van der Waals surface area contributed by atoms with E-state index in [0.29, 0.717) is 25.3 Å². The van der Waals surface area contributed by atoms with Crippen molar-refractivity contribution in [1.29, 1.82) is 0 Å². The molecule has 0 radical (unpaired) electrons. The van der Waals surface area contributed by atoms with E-state index in [0.717, 1.165) is 0 Å². The van der Waals surface area contributed by atoms with E-state index in [9.17, 15) is 13.2 Å². The highest BCUT2D eigenvalue weighted by molar-refractivity contribution is 7.88. The summed E-state index contributed by atoms with van der Waals surface area (Å²) in [5, 5.41) is 8.83. The summed E-state index contributed by atoms with van der Waals surface area (Å²) in [5.74, 6) is -1.16. The topological polar surface area (TPSA) is 83.9 Å². The summed E-state index contributed by atoms with van der Waals surface area (Å²) in [6.45, 7) is 4.76. The Labute approximate surface area is 124 Å². The third-order valence-corrected chi connectivity index (χ3v) is 5.13. The van der Waals surface area contributed by atoms with Crippen LogP contribution in [0.15, 0.2) is 24.3 Å². The number of carbonyl (C=O) groups is 1.